The van der Waals surface area contributed by atoms with Gasteiger partial charge in [-0.25, -0.2) is 5.43 Å². The molecule has 0 atom stereocenters. The van der Waals surface area contributed by atoms with Crippen molar-refractivity contribution in [2.24, 2.45) is 5.84 Å². The van der Waals surface area contributed by atoms with Gasteiger partial charge in [0, 0.05) is 6.54 Å². The van der Waals surface area contributed by atoms with E-state index in [4.69, 9.17) is 5.84 Å². The Bertz CT molecular complexity index is 67.5. The minimum atomic E-state index is 0.969. The molecule has 0 aliphatic heterocycles. The summed E-state index contributed by atoms with van der Waals surface area (Å²) in [7, 11) is 0. The Labute approximate surface area is 75.2 Å². The average molecular weight is 174 g/mol. The SMILES string of the molecule is CCCCCCCCNNNN. The fourth-order valence-corrected chi connectivity index (χ4v) is 1.11. The van der Waals surface area contributed by atoms with E-state index in [9.17, 15) is 0 Å². The van der Waals surface area contributed by atoms with Crippen molar-refractivity contribution < 1.29 is 0 Å². The topological polar surface area (TPSA) is 62.1 Å². The van der Waals surface area contributed by atoms with Crippen LogP contribution in [0.2, 0.25) is 0 Å². The zero-order valence-corrected chi connectivity index (χ0v) is 8.03. The highest BCUT2D eigenvalue weighted by Gasteiger charge is 1.88. The maximum Gasteiger partial charge on any atom is 0.0113 e. The zero-order chi connectivity index (χ0) is 9.07. The van der Waals surface area contributed by atoms with Crippen LogP contribution in [0.4, 0.5) is 0 Å². The third-order valence-corrected chi connectivity index (χ3v) is 1.82. The maximum atomic E-state index is 4.99. The molecule has 0 fully saturated rings. The fourth-order valence-electron chi connectivity index (χ4n) is 1.11. The van der Waals surface area contributed by atoms with E-state index in [-0.39, 0.29) is 0 Å². The van der Waals surface area contributed by atoms with Crippen molar-refractivity contribution in [3.05, 3.63) is 0 Å². The van der Waals surface area contributed by atoms with Crippen LogP contribution in [-0.4, -0.2) is 6.54 Å². The van der Waals surface area contributed by atoms with Crippen molar-refractivity contribution in [1.29, 1.82) is 0 Å². The van der Waals surface area contributed by atoms with E-state index in [1.54, 1.807) is 0 Å². The molecule has 0 radical (unpaired) electrons. The molecule has 0 amide bonds. The van der Waals surface area contributed by atoms with Crippen molar-refractivity contribution in [3.8, 4) is 0 Å². The van der Waals surface area contributed by atoms with E-state index in [1.807, 2.05) is 0 Å². The minimum absolute atomic E-state index is 0.969. The second-order valence-corrected chi connectivity index (χ2v) is 2.96. The van der Waals surface area contributed by atoms with Crippen LogP contribution in [0.5, 0.6) is 0 Å². The summed E-state index contributed by atoms with van der Waals surface area (Å²) in [6, 6.07) is 0. The van der Waals surface area contributed by atoms with Crippen molar-refractivity contribution in [2.75, 3.05) is 6.54 Å². The largest absolute Gasteiger partial charge is 0.257 e. The molecule has 5 N–H and O–H groups in total. The normalized spacial score (nSPS) is 10.5. The summed E-state index contributed by atoms with van der Waals surface area (Å²) < 4.78 is 0. The van der Waals surface area contributed by atoms with Gasteiger partial charge in [-0.1, -0.05) is 39.0 Å². The predicted molar refractivity (Wildman–Crippen MR) is 51.8 cm³/mol. The van der Waals surface area contributed by atoms with Gasteiger partial charge < -0.3 is 0 Å². The van der Waals surface area contributed by atoms with Crippen LogP contribution >= 0.6 is 0 Å². The lowest BCUT2D eigenvalue weighted by Crippen LogP contribution is -2.47. The summed E-state index contributed by atoms with van der Waals surface area (Å²) in [5.74, 6) is 4.99. The molecule has 4 nitrogen and oxygen atoms in total. The standard InChI is InChI=1S/C8H22N4/c1-2-3-4-5-6-7-8-10-12-11-9/h10-12H,2-9H2,1H3. The molecule has 4 heteroatoms. The van der Waals surface area contributed by atoms with Gasteiger partial charge in [0.25, 0.3) is 0 Å². The van der Waals surface area contributed by atoms with Crippen molar-refractivity contribution in [1.82, 2.24) is 16.5 Å². The third kappa shape index (κ3) is 9.84. The smallest absolute Gasteiger partial charge is 0.0113 e. The molecule has 0 aromatic rings. The highest BCUT2D eigenvalue weighted by Crippen LogP contribution is 2.03. The molecule has 0 saturated carbocycles. The molecule has 74 valence electrons. The van der Waals surface area contributed by atoms with Gasteiger partial charge in [-0.05, 0) is 6.42 Å². The summed E-state index contributed by atoms with van der Waals surface area (Å²) >= 11 is 0. The van der Waals surface area contributed by atoms with Gasteiger partial charge in [0.2, 0.25) is 0 Å². The number of hydrazine groups is 3. The lowest BCUT2D eigenvalue weighted by Gasteiger charge is -2.04. The van der Waals surface area contributed by atoms with Crippen molar-refractivity contribution in [2.45, 2.75) is 45.4 Å². The second-order valence-electron chi connectivity index (χ2n) is 2.96. The van der Waals surface area contributed by atoms with Crippen LogP contribution in [0.1, 0.15) is 45.4 Å². The second kappa shape index (κ2) is 10.8. The Morgan fingerprint density at radius 2 is 1.67 bits per heavy atom. The van der Waals surface area contributed by atoms with Crippen molar-refractivity contribution in [3.63, 3.8) is 0 Å². The number of unbranched alkanes of at least 4 members (excludes halogenated alkanes) is 5. The molecule has 0 unspecified atom stereocenters. The first-order valence-electron chi connectivity index (χ1n) is 4.85. The Hall–Kier alpha value is -0.160. The molecule has 0 aliphatic carbocycles. The highest BCUT2D eigenvalue weighted by molar-refractivity contribution is 4.45. The van der Waals surface area contributed by atoms with Crippen LogP contribution in [0.3, 0.4) is 0 Å². The Morgan fingerprint density at radius 1 is 1.00 bits per heavy atom. The summed E-state index contributed by atoms with van der Waals surface area (Å²) in [5.41, 5.74) is 7.89. The first-order valence-corrected chi connectivity index (χ1v) is 4.85. The lowest BCUT2D eigenvalue weighted by atomic mass is 10.1. The molecular formula is C8H22N4. The number of nitrogens with two attached hydrogens (primary N) is 1. The third-order valence-electron chi connectivity index (χ3n) is 1.82. The first-order chi connectivity index (χ1) is 5.91. The quantitative estimate of drug-likeness (QED) is 0.237. The van der Waals surface area contributed by atoms with Crippen molar-refractivity contribution >= 4 is 0 Å². The van der Waals surface area contributed by atoms with Crippen LogP contribution in [0, 0.1) is 0 Å². The molecule has 12 heavy (non-hydrogen) atoms. The molecule has 0 saturated heterocycles. The Kier molecular flexibility index (Phi) is 10.7. The van der Waals surface area contributed by atoms with Gasteiger partial charge in [-0.3, -0.25) is 5.84 Å². The van der Waals surface area contributed by atoms with Gasteiger partial charge in [-0.15, -0.1) is 0 Å². The Morgan fingerprint density at radius 3 is 2.33 bits per heavy atom. The number of hydrogen-bond acceptors (Lipinski definition) is 4. The summed E-state index contributed by atoms with van der Waals surface area (Å²) in [4.78, 5) is 0. The highest BCUT2D eigenvalue weighted by atomic mass is 15.7. The average Bonchev–Trinajstić information content (AvgIpc) is 2.10. The predicted octanol–water partition coefficient (Wildman–Crippen LogP) is 0.819. The summed E-state index contributed by atoms with van der Waals surface area (Å²) in [6.45, 7) is 3.20. The van der Waals surface area contributed by atoms with Gasteiger partial charge >= 0.3 is 0 Å². The number of nitrogens with one attached hydrogen (secondary N) is 3. The molecular weight excluding hydrogens is 152 g/mol. The van der Waals surface area contributed by atoms with Crippen LogP contribution in [-0.2, 0) is 0 Å². The first kappa shape index (κ1) is 11.8. The van der Waals surface area contributed by atoms with E-state index in [2.05, 4.69) is 23.4 Å². The van der Waals surface area contributed by atoms with Gasteiger partial charge in [0.1, 0.15) is 0 Å². The summed E-state index contributed by atoms with van der Waals surface area (Å²) in [6.07, 6.45) is 7.93. The van der Waals surface area contributed by atoms with E-state index >= 15 is 0 Å². The van der Waals surface area contributed by atoms with Gasteiger partial charge in [0.15, 0.2) is 0 Å². The molecule has 0 spiro atoms. The van der Waals surface area contributed by atoms with Gasteiger partial charge in [-0.2, -0.15) is 11.1 Å². The fraction of sp³-hybridized carbons (Fsp3) is 1.00. The van der Waals surface area contributed by atoms with Crippen LogP contribution in [0.25, 0.3) is 0 Å². The van der Waals surface area contributed by atoms with Crippen LogP contribution < -0.4 is 22.3 Å². The van der Waals surface area contributed by atoms with E-state index in [0.717, 1.165) is 6.54 Å². The number of hydrogen-bond donors (Lipinski definition) is 4. The molecule has 0 bridgehead atoms. The Balaban J connectivity index is 2.73. The monoisotopic (exact) mass is 174 g/mol. The van der Waals surface area contributed by atoms with Crippen LogP contribution in [0.15, 0.2) is 0 Å². The van der Waals surface area contributed by atoms with E-state index < -0.39 is 0 Å². The maximum absolute atomic E-state index is 4.99. The van der Waals surface area contributed by atoms with Gasteiger partial charge in [0.05, 0.1) is 0 Å². The molecule has 0 aromatic carbocycles. The molecule has 0 heterocycles. The molecule has 0 aliphatic rings. The molecule has 0 aromatic heterocycles. The van der Waals surface area contributed by atoms with E-state index in [0.29, 0.717) is 0 Å². The lowest BCUT2D eigenvalue weighted by molar-refractivity contribution is 0.432. The minimum Gasteiger partial charge on any atom is -0.257 e. The molecule has 0 rings (SSSR count). The zero-order valence-electron chi connectivity index (χ0n) is 8.03. The summed E-state index contributed by atoms with van der Waals surface area (Å²) in [5, 5.41) is 0. The van der Waals surface area contributed by atoms with E-state index in [1.165, 1.54) is 38.5 Å². The number of rotatable bonds is 9.